The fourth-order valence-electron chi connectivity index (χ4n) is 4.89. The summed E-state index contributed by atoms with van der Waals surface area (Å²) in [6.45, 7) is 4.87. The van der Waals surface area contributed by atoms with Gasteiger partial charge in [-0.25, -0.2) is 4.98 Å². The first-order valence-electron chi connectivity index (χ1n) is 10.9. The Hall–Kier alpha value is -2.17. The summed E-state index contributed by atoms with van der Waals surface area (Å²) in [5.74, 6) is 2.51. The number of rotatable bonds is 5. The van der Waals surface area contributed by atoms with Crippen LogP contribution in [-0.2, 0) is 11.3 Å². The van der Waals surface area contributed by atoms with Crippen molar-refractivity contribution in [3.8, 4) is 11.4 Å². The Bertz CT molecular complexity index is 779. The standard InChI is InChI=1S/C23H32N4O/c1-18-15-25-23(21-9-11-24-12-10-21)27(18)17-20-8-5-13-26(16-20)22(28)14-19-6-3-2-4-7-19/h9-12,15,19-20H,2-8,13-14,16-17H2,1H3. The molecule has 0 N–H and O–H groups in total. The van der Waals surface area contributed by atoms with Crippen molar-refractivity contribution in [3.63, 3.8) is 0 Å². The third kappa shape index (κ3) is 4.45. The molecule has 2 aromatic heterocycles. The summed E-state index contributed by atoms with van der Waals surface area (Å²) >= 11 is 0. The average Bonchev–Trinajstić information content (AvgIpc) is 3.10. The second-order valence-corrected chi connectivity index (χ2v) is 8.63. The topological polar surface area (TPSA) is 51.0 Å². The minimum absolute atomic E-state index is 0.383. The Morgan fingerprint density at radius 3 is 2.61 bits per heavy atom. The molecular weight excluding hydrogens is 348 g/mol. The highest BCUT2D eigenvalue weighted by atomic mass is 16.2. The molecule has 0 radical (unpaired) electrons. The van der Waals surface area contributed by atoms with Gasteiger partial charge in [0.25, 0.3) is 0 Å². The first-order valence-corrected chi connectivity index (χ1v) is 10.9. The maximum atomic E-state index is 12.9. The van der Waals surface area contributed by atoms with E-state index < -0.39 is 0 Å². The molecule has 1 unspecified atom stereocenters. The van der Waals surface area contributed by atoms with Crippen LogP contribution in [0.25, 0.3) is 11.4 Å². The van der Waals surface area contributed by atoms with Crippen LogP contribution in [0.15, 0.2) is 30.7 Å². The molecule has 2 aliphatic rings. The summed E-state index contributed by atoms with van der Waals surface area (Å²) in [4.78, 5) is 23.8. The van der Waals surface area contributed by atoms with Crippen molar-refractivity contribution in [1.29, 1.82) is 0 Å². The third-order valence-electron chi connectivity index (χ3n) is 6.49. The maximum absolute atomic E-state index is 12.9. The molecule has 1 saturated carbocycles. The van der Waals surface area contributed by atoms with E-state index in [4.69, 9.17) is 0 Å². The highest BCUT2D eigenvalue weighted by Gasteiger charge is 2.27. The Morgan fingerprint density at radius 2 is 1.82 bits per heavy atom. The second kappa shape index (κ2) is 8.89. The lowest BCUT2D eigenvalue weighted by Gasteiger charge is -2.34. The van der Waals surface area contributed by atoms with Crippen LogP contribution in [0.1, 0.15) is 57.1 Å². The van der Waals surface area contributed by atoms with E-state index in [0.717, 1.165) is 43.9 Å². The van der Waals surface area contributed by atoms with Gasteiger partial charge in [0.05, 0.1) is 0 Å². The number of piperidine rings is 1. The van der Waals surface area contributed by atoms with Crippen LogP contribution >= 0.6 is 0 Å². The summed E-state index contributed by atoms with van der Waals surface area (Å²) in [7, 11) is 0. The number of likely N-dealkylation sites (tertiary alicyclic amines) is 1. The molecule has 1 amide bonds. The minimum atomic E-state index is 0.383. The maximum Gasteiger partial charge on any atom is 0.222 e. The van der Waals surface area contributed by atoms with Gasteiger partial charge in [0.15, 0.2) is 0 Å². The molecule has 2 fully saturated rings. The predicted octanol–water partition coefficient (Wildman–Crippen LogP) is 4.46. The second-order valence-electron chi connectivity index (χ2n) is 8.63. The molecule has 1 aliphatic heterocycles. The van der Waals surface area contributed by atoms with Gasteiger partial charge in [0.2, 0.25) is 5.91 Å². The molecule has 1 saturated heterocycles. The van der Waals surface area contributed by atoms with Gasteiger partial charge in [-0.3, -0.25) is 9.78 Å². The fourth-order valence-corrected chi connectivity index (χ4v) is 4.89. The molecule has 1 aliphatic carbocycles. The summed E-state index contributed by atoms with van der Waals surface area (Å²) in [5.41, 5.74) is 2.28. The van der Waals surface area contributed by atoms with Crippen LogP contribution in [0, 0.1) is 18.8 Å². The molecule has 2 aromatic rings. The zero-order chi connectivity index (χ0) is 19.3. The number of hydrogen-bond donors (Lipinski definition) is 0. The molecular formula is C23H32N4O. The van der Waals surface area contributed by atoms with Crippen molar-refractivity contribution in [2.24, 2.45) is 11.8 Å². The fraction of sp³-hybridized carbons (Fsp3) is 0.609. The Labute approximate surface area is 168 Å². The molecule has 4 rings (SSSR count). The van der Waals surface area contributed by atoms with E-state index in [0.29, 0.717) is 17.7 Å². The normalized spacial score (nSPS) is 21.0. The number of pyridine rings is 1. The molecule has 3 heterocycles. The van der Waals surface area contributed by atoms with Gasteiger partial charge in [-0.1, -0.05) is 19.3 Å². The molecule has 1 atom stereocenters. The van der Waals surface area contributed by atoms with Crippen molar-refractivity contribution in [1.82, 2.24) is 19.4 Å². The highest BCUT2D eigenvalue weighted by molar-refractivity contribution is 5.76. The largest absolute Gasteiger partial charge is 0.342 e. The zero-order valence-electron chi connectivity index (χ0n) is 17.0. The molecule has 150 valence electrons. The molecule has 28 heavy (non-hydrogen) atoms. The van der Waals surface area contributed by atoms with E-state index in [1.165, 1.54) is 44.2 Å². The van der Waals surface area contributed by atoms with Gasteiger partial charge in [-0.2, -0.15) is 0 Å². The summed E-state index contributed by atoms with van der Waals surface area (Å²) < 4.78 is 2.31. The average molecular weight is 381 g/mol. The summed E-state index contributed by atoms with van der Waals surface area (Å²) in [6, 6.07) is 4.03. The van der Waals surface area contributed by atoms with Crippen LogP contribution < -0.4 is 0 Å². The van der Waals surface area contributed by atoms with E-state index in [1.807, 2.05) is 30.7 Å². The van der Waals surface area contributed by atoms with Crippen LogP contribution in [-0.4, -0.2) is 38.4 Å². The lowest BCUT2D eigenvalue weighted by Crippen LogP contribution is -2.41. The van der Waals surface area contributed by atoms with Gasteiger partial charge in [-0.15, -0.1) is 0 Å². The monoisotopic (exact) mass is 380 g/mol. The van der Waals surface area contributed by atoms with Crippen LogP contribution in [0.5, 0.6) is 0 Å². The molecule has 0 aromatic carbocycles. The lowest BCUT2D eigenvalue weighted by molar-refractivity contribution is -0.134. The number of amides is 1. The van der Waals surface area contributed by atoms with Gasteiger partial charge in [0.1, 0.15) is 5.82 Å². The number of aromatic nitrogens is 3. The van der Waals surface area contributed by atoms with Crippen molar-refractivity contribution < 1.29 is 4.79 Å². The molecule has 5 nitrogen and oxygen atoms in total. The van der Waals surface area contributed by atoms with Crippen LogP contribution in [0.4, 0.5) is 0 Å². The third-order valence-corrected chi connectivity index (χ3v) is 6.49. The van der Waals surface area contributed by atoms with Gasteiger partial charge in [-0.05, 0) is 56.6 Å². The molecule has 5 heteroatoms. The van der Waals surface area contributed by atoms with Gasteiger partial charge >= 0.3 is 0 Å². The first-order chi connectivity index (χ1) is 13.7. The summed E-state index contributed by atoms with van der Waals surface area (Å²) in [5, 5.41) is 0. The van der Waals surface area contributed by atoms with E-state index in [9.17, 15) is 4.79 Å². The Kier molecular flexibility index (Phi) is 6.08. The number of carbonyl (C=O) groups excluding carboxylic acids is 1. The van der Waals surface area contributed by atoms with Gasteiger partial charge in [0, 0.05) is 55.9 Å². The smallest absolute Gasteiger partial charge is 0.222 e. The van der Waals surface area contributed by atoms with E-state index in [-0.39, 0.29) is 0 Å². The van der Waals surface area contributed by atoms with Crippen LogP contribution in [0.2, 0.25) is 0 Å². The van der Waals surface area contributed by atoms with Crippen molar-refractivity contribution in [3.05, 3.63) is 36.4 Å². The number of carbonyl (C=O) groups is 1. The number of imidazole rings is 1. The Balaban J connectivity index is 1.40. The zero-order valence-corrected chi connectivity index (χ0v) is 17.0. The number of hydrogen-bond acceptors (Lipinski definition) is 3. The number of nitrogens with zero attached hydrogens (tertiary/aromatic N) is 4. The summed E-state index contributed by atoms with van der Waals surface area (Å²) in [6.07, 6.45) is 15.1. The van der Waals surface area contributed by atoms with E-state index in [2.05, 4.69) is 26.4 Å². The number of aryl methyl sites for hydroxylation is 1. The van der Waals surface area contributed by atoms with E-state index >= 15 is 0 Å². The molecule has 0 bridgehead atoms. The quantitative estimate of drug-likeness (QED) is 0.769. The predicted molar refractivity (Wildman–Crippen MR) is 111 cm³/mol. The van der Waals surface area contributed by atoms with Crippen molar-refractivity contribution in [2.75, 3.05) is 13.1 Å². The Morgan fingerprint density at radius 1 is 1.07 bits per heavy atom. The lowest BCUT2D eigenvalue weighted by atomic mass is 9.86. The minimum Gasteiger partial charge on any atom is -0.342 e. The first kappa shape index (κ1) is 19.2. The van der Waals surface area contributed by atoms with Crippen molar-refractivity contribution >= 4 is 5.91 Å². The highest BCUT2D eigenvalue weighted by Crippen LogP contribution is 2.29. The molecule has 0 spiro atoms. The van der Waals surface area contributed by atoms with E-state index in [1.54, 1.807) is 0 Å². The van der Waals surface area contributed by atoms with Crippen molar-refractivity contribution in [2.45, 2.75) is 64.8 Å². The SMILES string of the molecule is Cc1cnc(-c2ccncc2)n1CC1CCCN(C(=O)CC2CCCCC2)C1. The van der Waals surface area contributed by atoms with Crippen LogP contribution in [0.3, 0.4) is 0 Å². The van der Waals surface area contributed by atoms with Gasteiger partial charge < -0.3 is 9.47 Å².